The third kappa shape index (κ3) is 4.08. The SMILES string of the molecule is CCC1c2ccsc2CCN1C(=O)C(NC(=O)c1ccc(C)cc1)C(C)C. The Kier molecular flexibility index (Phi) is 6.00. The minimum absolute atomic E-state index is 0.0216. The first-order valence-corrected chi connectivity index (χ1v) is 10.5. The number of benzene rings is 1. The Labute approximate surface area is 165 Å². The van der Waals surface area contributed by atoms with Crippen molar-refractivity contribution < 1.29 is 9.59 Å². The monoisotopic (exact) mass is 384 g/mol. The van der Waals surface area contributed by atoms with E-state index >= 15 is 0 Å². The van der Waals surface area contributed by atoms with Crippen molar-refractivity contribution in [2.45, 2.75) is 52.6 Å². The molecule has 1 aliphatic rings. The van der Waals surface area contributed by atoms with Gasteiger partial charge in [-0.3, -0.25) is 9.59 Å². The van der Waals surface area contributed by atoms with E-state index in [9.17, 15) is 9.59 Å². The number of thiophene rings is 1. The molecule has 2 unspecified atom stereocenters. The van der Waals surface area contributed by atoms with E-state index in [0.29, 0.717) is 12.1 Å². The van der Waals surface area contributed by atoms with Crippen LogP contribution in [0.3, 0.4) is 0 Å². The molecule has 1 aromatic heterocycles. The summed E-state index contributed by atoms with van der Waals surface area (Å²) in [7, 11) is 0. The highest BCUT2D eigenvalue weighted by atomic mass is 32.1. The summed E-state index contributed by atoms with van der Waals surface area (Å²) in [6.07, 6.45) is 1.78. The molecule has 1 aromatic carbocycles. The largest absolute Gasteiger partial charge is 0.340 e. The summed E-state index contributed by atoms with van der Waals surface area (Å²) in [6, 6.07) is 9.16. The van der Waals surface area contributed by atoms with Gasteiger partial charge in [-0.05, 0) is 54.8 Å². The summed E-state index contributed by atoms with van der Waals surface area (Å²) >= 11 is 1.77. The Bertz CT molecular complexity index is 810. The van der Waals surface area contributed by atoms with E-state index in [-0.39, 0.29) is 23.8 Å². The molecular weight excluding hydrogens is 356 g/mol. The number of aryl methyl sites for hydroxylation is 1. The van der Waals surface area contributed by atoms with Crippen LogP contribution in [-0.2, 0) is 11.2 Å². The Balaban J connectivity index is 1.79. The van der Waals surface area contributed by atoms with E-state index in [1.54, 1.807) is 23.5 Å². The zero-order valence-electron chi connectivity index (χ0n) is 16.5. The molecule has 144 valence electrons. The number of carbonyl (C=O) groups excluding carboxylic acids is 2. The fourth-order valence-electron chi connectivity index (χ4n) is 3.72. The second-order valence-corrected chi connectivity index (χ2v) is 8.57. The van der Waals surface area contributed by atoms with Crippen LogP contribution in [0.1, 0.15) is 59.6 Å². The van der Waals surface area contributed by atoms with Crippen LogP contribution < -0.4 is 5.32 Å². The third-order valence-corrected chi connectivity index (χ3v) is 6.29. The van der Waals surface area contributed by atoms with Gasteiger partial charge in [-0.25, -0.2) is 0 Å². The first-order chi connectivity index (χ1) is 12.9. The first-order valence-electron chi connectivity index (χ1n) is 9.66. The number of amides is 2. The van der Waals surface area contributed by atoms with Crippen molar-refractivity contribution in [2.75, 3.05) is 6.54 Å². The van der Waals surface area contributed by atoms with Gasteiger partial charge in [0.25, 0.3) is 5.91 Å². The molecule has 1 N–H and O–H groups in total. The molecule has 3 rings (SSSR count). The molecule has 2 aromatic rings. The lowest BCUT2D eigenvalue weighted by atomic mass is 9.94. The summed E-state index contributed by atoms with van der Waals surface area (Å²) in [4.78, 5) is 29.4. The standard InChI is InChI=1S/C22H28N2O2S/c1-5-18-17-11-13-27-19(17)10-12-24(18)22(26)20(14(2)3)23-21(25)16-8-6-15(4)7-9-16/h6-9,11,13-14,18,20H,5,10,12H2,1-4H3,(H,23,25). The van der Waals surface area contributed by atoms with E-state index < -0.39 is 6.04 Å². The molecule has 27 heavy (non-hydrogen) atoms. The maximum absolute atomic E-state index is 13.4. The smallest absolute Gasteiger partial charge is 0.251 e. The number of nitrogens with zero attached hydrogens (tertiary/aromatic N) is 1. The zero-order valence-corrected chi connectivity index (χ0v) is 17.3. The van der Waals surface area contributed by atoms with Crippen molar-refractivity contribution in [1.82, 2.24) is 10.2 Å². The van der Waals surface area contributed by atoms with E-state index in [1.807, 2.05) is 37.8 Å². The summed E-state index contributed by atoms with van der Waals surface area (Å²) in [5.41, 5.74) is 2.97. The third-order valence-electron chi connectivity index (χ3n) is 5.30. The second kappa shape index (κ2) is 8.26. The van der Waals surface area contributed by atoms with E-state index in [4.69, 9.17) is 0 Å². The van der Waals surface area contributed by atoms with Crippen LogP contribution in [0, 0.1) is 12.8 Å². The molecule has 1 aliphatic heterocycles. The summed E-state index contributed by atoms with van der Waals surface area (Å²) in [5.74, 6) is -0.147. The van der Waals surface area contributed by atoms with Crippen LogP contribution >= 0.6 is 11.3 Å². The summed E-state index contributed by atoms with van der Waals surface area (Å²) in [5, 5.41) is 5.10. The maximum atomic E-state index is 13.4. The normalized spacial score (nSPS) is 17.5. The van der Waals surface area contributed by atoms with Gasteiger partial charge in [0.05, 0.1) is 6.04 Å². The zero-order chi connectivity index (χ0) is 19.6. The van der Waals surface area contributed by atoms with Crippen molar-refractivity contribution in [2.24, 2.45) is 5.92 Å². The lowest BCUT2D eigenvalue weighted by molar-refractivity contribution is -0.137. The highest BCUT2D eigenvalue weighted by Gasteiger charge is 2.35. The molecule has 0 fully saturated rings. The van der Waals surface area contributed by atoms with Crippen molar-refractivity contribution in [3.05, 3.63) is 57.3 Å². The number of fused-ring (bicyclic) bond motifs is 1. The van der Waals surface area contributed by atoms with Gasteiger partial charge in [0.2, 0.25) is 5.91 Å². The highest BCUT2D eigenvalue weighted by Crippen LogP contribution is 2.35. The predicted octanol–water partition coefficient (Wildman–Crippen LogP) is 4.35. The quantitative estimate of drug-likeness (QED) is 0.833. The Morgan fingerprint density at radius 3 is 2.56 bits per heavy atom. The number of carbonyl (C=O) groups is 2. The number of nitrogens with one attached hydrogen (secondary N) is 1. The van der Waals surface area contributed by atoms with Gasteiger partial charge in [-0.2, -0.15) is 0 Å². The van der Waals surface area contributed by atoms with Crippen molar-refractivity contribution in [3.8, 4) is 0 Å². The lowest BCUT2D eigenvalue weighted by Crippen LogP contribution is -2.53. The molecule has 0 radical (unpaired) electrons. The topological polar surface area (TPSA) is 49.4 Å². The van der Waals surface area contributed by atoms with E-state index in [1.165, 1.54) is 10.4 Å². The molecule has 2 amide bonds. The van der Waals surface area contributed by atoms with E-state index in [2.05, 4.69) is 23.7 Å². The number of rotatable bonds is 5. The molecule has 2 heterocycles. The minimum Gasteiger partial charge on any atom is -0.340 e. The van der Waals surface area contributed by atoms with Gasteiger partial charge in [0, 0.05) is 17.0 Å². The fraction of sp³-hybridized carbons (Fsp3) is 0.455. The molecule has 2 atom stereocenters. The Hall–Kier alpha value is -2.14. The molecular formula is C22H28N2O2S. The molecule has 0 saturated carbocycles. The predicted molar refractivity (Wildman–Crippen MR) is 110 cm³/mol. The fourth-order valence-corrected chi connectivity index (χ4v) is 4.65. The summed E-state index contributed by atoms with van der Waals surface area (Å²) < 4.78 is 0. The molecule has 4 nitrogen and oxygen atoms in total. The number of hydrogen-bond acceptors (Lipinski definition) is 3. The van der Waals surface area contributed by atoms with Gasteiger partial charge in [0.1, 0.15) is 6.04 Å². The van der Waals surface area contributed by atoms with Crippen molar-refractivity contribution >= 4 is 23.2 Å². The van der Waals surface area contributed by atoms with Gasteiger partial charge in [0.15, 0.2) is 0 Å². The van der Waals surface area contributed by atoms with Crippen LogP contribution in [0.25, 0.3) is 0 Å². The molecule has 0 spiro atoms. The Morgan fingerprint density at radius 1 is 1.22 bits per heavy atom. The van der Waals surface area contributed by atoms with E-state index in [0.717, 1.165) is 18.4 Å². The molecule has 0 bridgehead atoms. The van der Waals surface area contributed by atoms with Crippen molar-refractivity contribution in [3.63, 3.8) is 0 Å². The molecule has 0 aliphatic carbocycles. The van der Waals surface area contributed by atoms with Crippen LogP contribution in [0.5, 0.6) is 0 Å². The van der Waals surface area contributed by atoms with Crippen LogP contribution in [0.15, 0.2) is 35.7 Å². The average Bonchev–Trinajstić information content (AvgIpc) is 3.13. The molecule has 0 saturated heterocycles. The minimum atomic E-state index is -0.520. The van der Waals surface area contributed by atoms with Gasteiger partial charge >= 0.3 is 0 Å². The maximum Gasteiger partial charge on any atom is 0.251 e. The van der Waals surface area contributed by atoms with Gasteiger partial charge in [-0.15, -0.1) is 11.3 Å². The molecule has 5 heteroatoms. The summed E-state index contributed by atoms with van der Waals surface area (Å²) in [6.45, 7) is 8.79. The van der Waals surface area contributed by atoms with Crippen LogP contribution in [-0.4, -0.2) is 29.3 Å². The highest BCUT2D eigenvalue weighted by molar-refractivity contribution is 7.10. The Morgan fingerprint density at radius 2 is 1.93 bits per heavy atom. The second-order valence-electron chi connectivity index (χ2n) is 7.57. The van der Waals surface area contributed by atoms with Gasteiger partial charge < -0.3 is 10.2 Å². The average molecular weight is 385 g/mol. The lowest BCUT2D eigenvalue weighted by Gasteiger charge is -2.38. The first kappa shape index (κ1) is 19.6. The van der Waals surface area contributed by atoms with Crippen LogP contribution in [0.4, 0.5) is 0 Å². The number of hydrogen-bond donors (Lipinski definition) is 1. The van der Waals surface area contributed by atoms with Crippen LogP contribution in [0.2, 0.25) is 0 Å². The van der Waals surface area contributed by atoms with Gasteiger partial charge in [-0.1, -0.05) is 38.5 Å². The van der Waals surface area contributed by atoms with Crippen molar-refractivity contribution in [1.29, 1.82) is 0 Å².